The minimum absolute atomic E-state index is 0.273. The molecule has 0 saturated carbocycles. The second kappa shape index (κ2) is 9.50. The molecule has 0 fully saturated rings. The fourth-order valence-corrected chi connectivity index (χ4v) is 5.34. The van der Waals surface area contributed by atoms with Gasteiger partial charge >= 0.3 is 5.97 Å². The molecule has 2 aromatic rings. The Balaban J connectivity index is 2.15. The van der Waals surface area contributed by atoms with Gasteiger partial charge < -0.3 is 9.47 Å². The molecule has 0 unspecified atom stereocenters. The Labute approximate surface area is 157 Å². The highest BCUT2D eigenvalue weighted by molar-refractivity contribution is 6.94. The van der Waals surface area contributed by atoms with Gasteiger partial charge in [-0.15, -0.1) is 0 Å². The normalized spacial score (nSPS) is 13.3. The quantitative estimate of drug-likeness (QED) is 0.516. The van der Waals surface area contributed by atoms with E-state index in [4.69, 9.17) is 9.47 Å². The molecule has 0 aliphatic heterocycles. The molecule has 4 heteroatoms. The molecule has 0 aliphatic rings. The Kier molecular flexibility index (Phi) is 7.36. The Morgan fingerprint density at radius 3 is 2.19 bits per heavy atom. The van der Waals surface area contributed by atoms with Crippen molar-refractivity contribution in [3.8, 4) is 0 Å². The summed E-state index contributed by atoms with van der Waals surface area (Å²) in [5, 5.41) is 1.34. The first-order chi connectivity index (χ1) is 12.4. The van der Waals surface area contributed by atoms with Crippen molar-refractivity contribution in [2.45, 2.75) is 39.7 Å². The van der Waals surface area contributed by atoms with Crippen LogP contribution < -0.4 is 5.19 Å². The van der Waals surface area contributed by atoms with Gasteiger partial charge in [-0.2, -0.15) is 0 Å². The molecule has 0 N–H and O–H groups in total. The van der Waals surface area contributed by atoms with Gasteiger partial charge in [-0.05, 0) is 18.1 Å². The number of carbonyl (C=O) groups is 1. The summed E-state index contributed by atoms with van der Waals surface area (Å²) < 4.78 is 11.4. The Hall–Kier alpha value is -2.17. The van der Waals surface area contributed by atoms with Gasteiger partial charge in [-0.1, -0.05) is 84.6 Å². The molecule has 2 rings (SSSR count). The summed E-state index contributed by atoms with van der Waals surface area (Å²) in [4.78, 5) is 11.4. The van der Waals surface area contributed by atoms with E-state index in [9.17, 15) is 4.79 Å². The van der Waals surface area contributed by atoms with Crippen LogP contribution in [-0.4, -0.2) is 26.8 Å². The summed E-state index contributed by atoms with van der Waals surface area (Å²) in [6.45, 7) is 8.93. The van der Waals surface area contributed by atoms with E-state index >= 15 is 0 Å². The third-order valence-corrected chi connectivity index (χ3v) is 7.22. The van der Waals surface area contributed by atoms with Crippen LogP contribution in [0.3, 0.4) is 0 Å². The lowest BCUT2D eigenvalue weighted by Crippen LogP contribution is -2.40. The molecule has 0 heterocycles. The molecule has 0 aromatic heterocycles. The predicted molar refractivity (Wildman–Crippen MR) is 109 cm³/mol. The van der Waals surface area contributed by atoms with Crippen molar-refractivity contribution in [1.29, 1.82) is 0 Å². The van der Waals surface area contributed by atoms with E-state index in [0.29, 0.717) is 13.2 Å². The number of carbonyl (C=O) groups excluding carboxylic acids is 1. The molecule has 1 atom stereocenters. The number of ether oxygens (including phenoxy) is 2. The maximum absolute atomic E-state index is 11.4. The molecule has 138 valence electrons. The first-order valence-electron chi connectivity index (χ1n) is 8.94. The number of benzene rings is 2. The molecule has 0 amide bonds. The van der Waals surface area contributed by atoms with Crippen molar-refractivity contribution >= 4 is 19.2 Å². The zero-order valence-corrected chi connectivity index (χ0v) is 17.1. The molecule has 0 saturated heterocycles. The lowest BCUT2D eigenvalue weighted by Gasteiger charge is -2.24. The number of hydrogen-bond acceptors (Lipinski definition) is 3. The van der Waals surface area contributed by atoms with Gasteiger partial charge in [-0.3, -0.25) is 4.79 Å². The molecule has 0 radical (unpaired) electrons. The zero-order chi connectivity index (χ0) is 19.0. The predicted octanol–water partition coefficient (Wildman–Crippen LogP) is 4.24. The van der Waals surface area contributed by atoms with Gasteiger partial charge in [0.25, 0.3) is 0 Å². The average molecular weight is 369 g/mol. The SMILES string of the molecule is CC(=O)O[C@H](C)/C(=C/[Si](C)(C)c1ccccc1)COCc1ccccc1. The second-order valence-electron chi connectivity index (χ2n) is 7.04. The third kappa shape index (κ3) is 6.28. The third-order valence-electron chi connectivity index (χ3n) is 4.31. The van der Waals surface area contributed by atoms with Crippen molar-refractivity contribution in [3.05, 3.63) is 77.5 Å². The summed E-state index contributed by atoms with van der Waals surface area (Å²) in [5.41, 5.74) is 4.45. The van der Waals surface area contributed by atoms with Crippen molar-refractivity contribution in [3.63, 3.8) is 0 Å². The molecule has 0 aliphatic carbocycles. The fraction of sp³-hybridized carbons (Fsp3) is 0.318. The highest BCUT2D eigenvalue weighted by Crippen LogP contribution is 2.15. The fourth-order valence-electron chi connectivity index (χ4n) is 2.88. The number of esters is 1. The standard InChI is InChI=1S/C22H28O3Si/c1-18(25-19(2)23)21(16-24-15-20-11-7-5-8-12-20)17-26(3,4)22-13-9-6-10-14-22/h5-14,17-18H,15-16H2,1-4H3/b21-17+/t18-/m1/s1. The van der Waals surface area contributed by atoms with Crippen LogP contribution in [0.1, 0.15) is 19.4 Å². The van der Waals surface area contributed by atoms with E-state index in [-0.39, 0.29) is 12.1 Å². The Morgan fingerprint density at radius 2 is 1.62 bits per heavy atom. The smallest absolute Gasteiger partial charge is 0.303 e. The van der Waals surface area contributed by atoms with E-state index in [0.717, 1.165) is 11.1 Å². The maximum atomic E-state index is 11.4. The molecular formula is C22H28O3Si. The van der Waals surface area contributed by atoms with Crippen LogP contribution in [-0.2, 0) is 20.9 Å². The lowest BCUT2D eigenvalue weighted by molar-refractivity contribution is -0.144. The highest BCUT2D eigenvalue weighted by atomic mass is 28.3. The largest absolute Gasteiger partial charge is 0.458 e. The Bertz CT molecular complexity index is 724. The van der Waals surface area contributed by atoms with E-state index < -0.39 is 8.07 Å². The second-order valence-corrected chi connectivity index (χ2v) is 11.3. The summed E-state index contributed by atoms with van der Waals surface area (Å²) in [5.74, 6) is -0.273. The topological polar surface area (TPSA) is 35.5 Å². The summed E-state index contributed by atoms with van der Waals surface area (Å²) in [6.07, 6.45) is -0.293. The van der Waals surface area contributed by atoms with Crippen LogP contribution in [0.2, 0.25) is 13.1 Å². The average Bonchev–Trinajstić information content (AvgIpc) is 2.62. The van der Waals surface area contributed by atoms with Gasteiger partial charge in [0.15, 0.2) is 0 Å². The molecule has 0 bridgehead atoms. The van der Waals surface area contributed by atoms with Crippen molar-refractivity contribution in [2.24, 2.45) is 0 Å². The van der Waals surface area contributed by atoms with E-state index in [1.807, 2.05) is 43.3 Å². The van der Waals surface area contributed by atoms with Crippen molar-refractivity contribution in [1.82, 2.24) is 0 Å². The minimum atomic E-state index is -1.82. The van der Waals surface area contributed by atoms with E-state index in [2.05, 4.69) is 43.1 Å². The molecule has 2 aromatic carbocycles. The summed E-state index contributed by atoms with van der Waals surface area (Å²) in [6, 6.07) is 20.6. The minimum Gasteiger partial charge on any atom is -0.458 e. The summed E-state index contributed by atoms with van der Waals surface area (Å²) in [7, 11) is -1.82. The van der Waals surface area contributed by atoms with E-state index in [1.54, 1.807) is 0 Å². The van der Waals surface area contributed by atoms with Crippen molar-refractivity contribution in [2.75, 3.05) is 6.61 Å². The van der Waals surface area contributed by atoms with Crippen LogP contribution >= 0.6 is 0 Å². The van der Waals surface area contributed by atoms with Crippen LogP contribution in [0.5, 0.6) is 0 Å². The van der Waals surface area contributed by atoms with Gasteiger partial charge in [0.1, 0.15) is 14.2 Å². The van der Waals surface area contributed by atoms with Crippen LogP contribution in [0.15, 0.2) is 71.9 Å². The van der Waals surface area contributed by atoms with Gasteiger partial charge in [0.2, 0.25) is 0 Å². The lowest BCUT2D eigenvalue weighted by atomic mass is 10.2. The van der Waals surface area contributed by atoms with Gasteiger partial charge in [0, 0.05) is 6.92 Å². The Morgan fingerprint density at radius 1 is 1.04 bits per heavy atom. The number of hydrogen-bond donors (Lipinski definition) is 0. The van der Waals surface area contributed by atoms with Gasteiger partial charge in [0.05, 0.1) is 13.2 Å². The molecule has 0 spiro atoms. The van der Waals surface area contributed by atoms with E-state index in [1.165, 1.54) is 12.1 Å². The van der Waals surface area contributed by atoms with Crippen LogP contribution in [0.25, 0.3) is 0 Å². The monoisotopic (exact) mass is 368 g/mol. The first kappa shape index (κ1) is 20.1. The molecular weight excluding hydrogens is 340 g/mol. The summed E-state index contributed by atoms with van der Waals surface area (Å²) >= 11 is 0. The van der Waals surface area contributed by atoms with Crippen LogP contribution in [0, 0.1) is 0 Å². The zero-order valence-electron chi connectivity index (χ0n) is 16.1. The molecule has 26 heavy (non-hydrogen) atoms. The maximum Gasteiger partial charge on any atom is 0.303 e. The first-order valence-corrected chi connectivity index (χ1v) is 12.0. The highest BCUT2D eigenvalue weighted by Gasteiger charge is 2.24. The van der Waals surface area contributed by atoms with Crippen LogP contribution in [0.4, 0.5) is 0 Å². The van der Waals surface area contributed by atoms with Crippen molar-refractivity contribution < 1.29 is 14.3 Å². The van der Waals surface area contributed by atoms with Gasteiger partial charge in [-0.25, -0.2) is 0 Å². The number of rotatable bonds is 8. The molecule has 3 nitrogen and oxygen atoms in total.